The second-order valence-corrected chi connectivity index (χ2v) is 9.51. The van der Waals surface area contributed by atoms with Gasteiger partial charge in [-0.25, -0.2) is 0 Å². The number of benzene rings is 2. The van der Waals surface area contributed by atoms with Gasteiger partial charge in [-0.1, -0.05) is 0 Å². The summed E-state index contributed by atoms with van der Waals surface area (Å²) >= 11 is 0. The number of nitrogens with zero attached hydrogens (tertiary/aromatic N) is 3. The maximum atomic E-state index is 14.2. The summed E-state index contributed by atoms with van der Waals surface area (Å²) in [6, 6.07) is 8.74. The normalized spacial score (nSPS) is 17.0. The van der Waals surface area contributed by atoms with Crippen LogP contribution in [0.15, 0.2) is 41.2 Å². The molecule has 2 aromatic carbocycles. The van der Waals surface area contributed by atoms with Gasteiger partial charge in [-0.3, -0.25) is 9.59 Å². The van der Waals surface area contributed by atoms with Gasteiger partial charge in [-0.2, -0.15) is 23.0 Å². The Hall–Kier alpha value is -4.02. The van der Waals surface area contributed by atoms with E-state index in [0.29, 0.717) is 72.8 Å². The molecule has 0 bridgehead atoms. The van der Waals surface area contributed by atoms with Gasteiger partial charge in [0, 0.05) is 36.0 Å². The number of carbonyl (C=O) groups excluding carboxylic acids is 1. The minimum atomic E-state index is -4.73. The number of nitrogens with two attached hydrogens (primary N) is 1. The van der Waals surface area contributed by atoms with Crippen molar-refractivity contribution in [3.8, 4) is 28.4 Å². The van der Waals surface area contributed by atoms with Crippen molar-refractivity contribution < 1.29 is 27.4 Å². The molecule has 2 N–H and O–H groups in total. The van der Waals surface area contributed by atoms with Crippen LogP contribution < -0.4 is 25.7 Å². The zero-order valence-electron chi connectivity index (χ0n) is 21.0. The third-order valence-corrected chi connectivity index (χ3v) is 7.25. The van der Waals surface area contributed by atoms with Crippen LogP contribution in [0.4, 0.5) is 18.9 Å². The molecule has 3 aromatic rings. The standard InChI is InChI=1S/C27H27F3N4O4/c1-37-18-10-16(11-19(13-18)38-2)24-20-4-3-5-21(20)26(36)34(32-24)23-12-17(6-7-22(23)27(28,29)30)33-9-8-15(14-33)25(31)35/h6-7,10-13,15H,3-5,8-9,14H2,1-2H3,(H2,31,35). The van der Waals surface area contributed by atoms with Gasteiger partial charge in [-0.05, 0) is 61.6 Å². The van der Waals surface area contributed by atoms with Crippen LogP contribution in [-0.2, 0) is 23.8 Å². The van der Waals surface area contributed by atoms with Crippen LogP contribution in [0.2, 0.25) is 0 Å². The van der Waals surface area contributed by atoms with Crippen molar-refractivity contribution in [2.45, 2.75) is 31.9 Å². The number of hydrogen-bond acceptors (Lipinski definition) is 6. The molecule has 1 amide bonds. The maximum absolute atomic E-state index is 14.2. The fourth-order valence-corrected chi connectivity index (χ4v) is 5.27. The van der Waals surface area contributed by atoms with E-state index in [0.717, 1.165) is 16.3 Å². The van der Waals surface area contributed by atoms with Crippen LogP contribution in [0.25, 0.3) is 16.9 Å². The molecule has 8 nitrogen and oxygen atoms in total. The molecule has 11 heteroatoms. The molecule has 1 saturated heterocycles. The first-order valence-electron chi connectivity index (χ1n) is 12.2. The fraction of sp³-hybridized carbons (Fsp3) is 0.370. The summed E-state index contributed by atoms with van der Waals surface area (Å²) in [5, 5.41) is 4.52. The SMILES string of the molecule is COc1cc(OC)cc(-c2nn(-c3cc(N4CCC(C(N)=O)C4)ccc3C(F)(F)F)c(=O)c3c2CCC3)c1. The quantitative estimate of drug-likeness (QED) is 0.524. The Kier molecular flexibility index (Phi) is 6.54. The average Bonchev–Trinajstić information content (AvgIpc) is 3.59. The van der Waals surface area contributed by atoms with Gasteiger partial charge in [0.15, 0.2) is 0 Å². The number of anilines is 1. The average molecular weight is 529 g/mol. The van der Waals surface area contributed by atoms with E-state index >= 15 is 0 Å². The van der Waals surface area contributed by atoms with E-state index in [1.54, 1.807) is 23.1 Å². The highest BCUT2D eigenvalue weighted by Gasteiger charge is 2.36. The number of hydrogen-bond donors (Lipinski definition) is 1. The van der Waals surface area contributed by atoms with Crippen molar-refractivity contribution in [1.82, 2.24) is 9.78 Å². The predicted octanol–water partition coefficient (Wildman–Crippen LogP) is 3.74. The van der Waals surface area contributed by atoms with Crippen molar-refractivity contribution in [3.05, 3.63) is 63.4 Å². The first kappa shape index (κ1) is 25.6. The molecular weight excluding hydrogens is 501 g/mol. The summed E-state index contributed by atoms with van der Waals surface area (Å²) in [5.41, 5.74) is 6.12. The lowest BCUT2D eigenvalue weighted by Crippen LogP contribution is -2.29. The Morgan fingerprint density at radius 3 is 2.34 bits per heavy atom. The molecule has 2 aliphatic rings. The number of fused-ring (bicyclic) bond motifs is 1. The topological polar surface area (TPSA) is 99.7 Å². The number of carbonyl (C=O) groups is 1. The largest absolute Gasteiger partial charge is 0.497 e. The Morgan fingerprint density at radius 1 is 1.05 bits per heavy atom. The van der Waals surface area contributed by atoms with Crippen LogP contribution in [0, 0.1) is 5.92 Å². The molecule has 1 fully saturated rings. The molecule has 38 heavy (non-hydrogen) atoms. The van der Waals surface area contributed by atoms with Gasteiger partial charge >= 0.3 is 6.18 Å². The van der Waals surface area contributed by atoms with E-state index < -0.39 is 29.1 Å². The van der Waals surface area contributed by atoms with Gasteiger partial charge in [-0.15, -0.1) is 0 Å². The van der Waals surface area contributed by atoms with Gasteiger partial charge in [0.05, 0.1) is 37.1 Å². The number of halogens is 3. The van der Waals surface area contributed by atoms with E-state index in [4.69, 9.17) is 15.2 Å². The number of aromatic nitrogens is 2. The molecule has 1 aromatic heterocycles. The van der Waals surface area contributed by atoms with Gasteiger partial charge < -0.3 is 20.1 Å². The summed E-state index contributed by atoms with van der Waals surface area (Å²) in [6.45, 7) is 0.751. The lowest BCUT2D eigenvalue weighted by molar-refractivity contribution is -0.137. The summed E-state index contributed by atoms with van der Waals surface area (Å²) < 4.78 is 54.2. The Bertz CT molecular complexity index is 1450. The van der Waals surface area contributed by atoms with E-state index in [2.05, 4.69) is 5.10 Å². The predicted molar refractivity (Wildman–Crippen MR) is 135 cm³/mol. The smallest absolute Gasteiger partial charge is 0.418 e. The third kappa shape index (κ3) is 4.57. The number of primary amides is 1. The lowest BCUT2D eigenvalue weighted by Gasteiger charge is -2.22. The number of rotatable bonds is 6. The monoisotopic (exact) mass is 528 g/mol. The summed E-state index contributed by atoms with van der Waals surface area (Å²) in [6.07, 6.45) is -2.50. The van der Waals surface area contributed by atoms with E-state index in [-0.39, 0.29) is 5.69 Å². The molecule has 2 heterocycles. The van der Waals surface area contributed by atoms with Crippen LogP contribution in [-0.4, -0.2) is 43.0 Å². The maximum Gasteiger partial charge on any atom is 0.418 e. The van der Waals surface area contributed by atoms with Gasteiger partial charge in [0.25, 0.3) is 5.56 Å². The first-order chi connectivity index (χ1) is 18.1. The molecule has 1 aliphatic carbocycles. The van der Waals surface area contributed by atoms with Crippen LogP contribution >= 0.6 is 0 Å². The van der Waals surface area contributed by atoms with E-state index in [9.17, 15) is 22.8 Å². The third-order valence-electron chi connectivity index (χ3n) is 7.25. The van der Waals surface area contributed by atoms with Gasteiger partial charge in [0.1, 0.15) is 11.5 Å². The molecule has 1 atom stereocenters. The molecule has 1 unspecified atom stereocenters. The molecule has 0 saturated carbocycles. The Balaban J connectivity index is 1.72. The van der Waals surface area contributed by atoms with Gasteiger partial charge in [0.2, 0.25) is 5.91 Å². The lowest BCUT2D eigenvalue weighted by atomic mass is 10.0. The fourth-order valence-electron chi connectivity index (χ4n) is 5.27. The van der Waals surface area contributed by atoms with Crippen molar-refractivity contribution in [1.29, 1.82) is 0 Å². The summed E-state index contributed by atoms with van der Waals surface area (Å²) in [4.78, 5) is 27.0. The minimum Gasteiger partial charge on any atom is -0.497 e. The van der Waals surface area contributed by atoms with E-state index in [1.165, 1.54) is 26.4 Å². The number of amides is 1. The van der Waals surface area contributed by atoms with Crippen LogP contribution in [0.3, 0.4) is 0 Å². The van der Waals surface area contributed by atoms with Crippen molar-refractivity contribution in [2.24, 2.45) is 11.7 Å². The molecule has 1 aliphatic heterocycles. The molecule has 5 rings (SSSR count). The highest BCUT2D eigenvalue weighted by molar-refractivity contribution is 5.78. The highest BCUT2D eigenvalue weighted by Crippen LogP contribution is 2.38. The van der Waals surface area contributed by atoms with Crippen LogP contribution in [0.5, 0.6) is 11.5 Å². The molecule has 0 spiro atoms. The number of ether oxygens (including phenoxy) is 2. The second-order valence-electron chi connectivity index (χ2n) is 9.51. The Morgan fingerprint density at radius 2 is 1.74 bits per heavy atom. The number of alkyl halides is 3. The number of methoxy groups -OCH3 is 2. The molecule has 0 radical (unpaired) electrons. The minimum absolute atomic E-state index is 0.293. The zero-order chi connectivity index (χ0) is 27.2. The first-order valence-corrected chi connectivity index (χ1v) is 12.2. The van der Waals surface area contributed by atoms with Crippen molar-refractivity contribution in [3.63, 3.8) is 0 Å². The second kappa shape index (κ2) is 9.70. The molecular formula is C27H27F3N4O4. The Labute approximate surface area is 216 Å². The highest BCUT2D eigenvalue weighted by atomic mass is 19.4. The summed E-state index contributed by atoms with van der Waals surface area (Å²) in [5.74, 6) is 0.133. The van der Waals surface area contributed by atoms with Crippen molar-refractivity contribution >= 4 is 11.6 Å². The summed E-state index contributed by atoms with van der Waals surface area (Å²) in [7, 11) is 3.00. The van der Waals surface area contributed by atoms with E-state index in [1.807, 2.05) is 0 Å². The van der Waals surface area contributed by atoms with Crippen LogP contribution in [0.1, 0.15) is 29.5 Å². The zero-order valence-corrected chi connectivity index (χ0v) is 21.0. The van der Waals surface area contributed by atoms with Crippen molar-refractivity contribution in [2.75, 3.05) is 32.2 Å². The molecule has 200 valence electrons.